The number of aryl methyl sites for hydroxylation is 1. The van der Waals surface area contributed by atoms with E-state index in [-0.39, 0.29) is 12.2 Å². The van der Waals surface area contributed by atoms with Crippen LogP contribution in [0, 0.1) is 6.92 Å². The Labute approximate surface area is 124 Å². The number of nitrogens with two attached hydrogens (primary N) is 1. The van der Waals surface area contributed by atoms with E-state index >= 15 is 0 Å². The Morgan fingerprint density at radius 1 is 1.19 bits per heavy atom. The molecule has 0 aliphatic heterocycles. The second-order valence-electron chi connectivity index (χ2n) is 4.72. The first-order chi connectivity index (χ1) is 10.1. The molecule has 4 nitrogen and oxygen atoms in total. The van der Waals surface area contributed by atoms with Gasteiger partial charge in [0.05, 0.1) is 19.2 Å². The first-order valence-corrected chi connectivity index (χ1v) is 6.66. The number of amidine groups is 1. The zero-order valence-electron chi connectivity index (χ0n) is 12.2. The van der Waals surface area contributed by atoms with Crippen molar-refractivity contribution in [3.05, 3.63) is 59.7 Å². The molecule has 21 heavy (non-hydrogen) atoms. The third-order valence-electron chi connectivity index (χ3n) is 3.11. The SMILES string of the molecule is COc1ccc(N=C(N)CC(=O)c2ccccc2)c(C)c1. The number of hydrogen-bond acceptors (Lipinski definition) is 3. The van der Waals surface area contributed by atoms with Crippen LogP contribution in [0.25, 0.3) is 0 Å². The monoisotopic (exact) mass is 282 g/mol. The molecule has 2 aromatic rings. The summed E-state index contributed by atoms with van der Waals surface area (Å²) in [6.45, 7) is 1.92. The van der Waals surface area contributed by atoms with Gasteiger partial charge in [-0.05, 0) is 30.7 Å². The lowest BCUT2D eigenvalue weighted by molar-refractivity contribution is 0.100. The second kappa shape index (κ2) is 6.70. The Kier molecular flexibility index (Phi) is 4.72. The number of carbonyl (C=O) groups excluding carboxylic acids is 1. The molecular formula is C17H18N2O2. The van der Waals surface area contributed by atoms with Crippen LogP contribution in [0.5, 0.6) is 5.75 Å². The van der Waals surface area contributed by atoms with Crippen LogP contribution in [-0.4, -0.2) is 18.7 Å². The van der Waals surface area contributed by atoms with E-state index in [1.54, 1.807) is 19.2 Å². The molecule has 0 heterocycles. The van der Waals surface area contributed by atoms with Crippen molar-refractivity contribution in [3.8, 4) is 5.75 Å². The fourth-order valence-electron chi connectivity index (χ4n) is 1.97. The van der Waals surface area contributed by atoms with Crippen molar-refractivity contribution in [3.63, 3.8) is 0 Å². The minimum atomic E-state index is -0.0389. The highest BCUT2D eigenvalue weighted by molar-refractivity contribution is 6.09. The molecule has 0 aliphatic carbocycles. The Morgan fingerprint density at radius 2 is 1.90 bits per heavy atom. The van der Waals surface area contributed by atoms with Crippen LogP contribution in [0.2, 0.25) is 0 Å². The zero-order valence-corrected chi connectivity index (χ0v) is 12.2. The van der Waals surface area contributed by atoms with Crippen molar-refractivity contribution in [1.29, 1.82) is 0 Å². The Morgan fingerprint density at radius 3 is 2.52 bits per heavy atom. The summed E-state index contributed by atoms with van der Waals surface area (Å²) in [5.74, 6) is 1.03. The maximum Gasteiger partial charge on any atom is 0.170 e. The average molecular weight is 282 g/mol. The number of rotatable bonds is 5. The summed E-state index contributed by atoms with van der Waals surface area (Å²) in [7, 11) is 1.62. The predicted molar refractivity (Wildman–Crippen MR) is 84.4 cm³/mol. The van der Waals surface area contributed by atoms with Crippen molar-refractivity contribution in [2.75, 3.05) is 7.11 Å². The van der Waals surface area contributed by atoms with Crippen LogP contribution in [0.1, 0.15) is 22.3 Å². The van der Waals surface area contributed by atoms with Crippen LogP contribution in [0.15, 0.2) is 53.5 Å². The third kappa shape index (κ3) is 3.92. The normalized spacial score (nSPS) is 11.2. The van der Waals surface area contributed by atoms with Crippen molar-refractivity contribution in [2.45, 2.75) is 13.3 Å². The molecule has 2 aromatic carbocycles. The first kappa shape index (κ1) is 14.8. The molecule has 0 unspecified atom stereocenters. The van der Waals surface area contributed by atoms with E-state index in [4.69, 9.17) is 10.5 Å². The summed E-state index contributed by atoms with van der Waals surface area (Å²) in [5.41, 5.74) is 8.22. The maximum absolute atomic E-state index is 12.0. The molecule has 108 valence electrons. The topological polar surface area (TPSA) is 64.7 Å². The van der Waals surface area contributed by atoms with E-state index in [9.17, 15) is 4.79 Å². The molecule has 0 amide bonds. The van der Waals surface area contributed by atoms with E-state index in [2.05, 4.69) is 4.99 Å². The number of ketones is 1. The summed E-state index contributed by atoms with van der Waals surface area (Å²) in [6, 6.07) is 14.6. The number of Topliss-reactive ketones (excluding diaryl/α,β-unsaturated/α-hetero) is 1. The number of benzene rings is 2. The van der Waals surface area contributed by atoms with E-state index < -0.39 is 0 Å². The Hall–Kier alpha value is -2.62. The lowest BCUT2D eigenvalue weighted by Crippen LogP contribution is -2.16. The van der Waals surface area contributed by atoms with E-state index in [0.29, 0.717) is 11.4 Å². The maximum atomic E-state index is 12.0. The van der Waals surface area contributed by atoms with E-state index in [0.717, 1.165) is 17.0 Å². The van der Waals surface area contributed by atoms with Gasteiger partial charge in [-0.1, -0.05) is 30.3 Å². The highest BCUT2D eigenvalue weighted by Crippen LogP contribution is 2.23. The Bertz CT molecular complexity index is 664. The summed E-state index contributed by atoms with van der Waals surface area (Å²) >= 11 is 0. The second-order valence-corrected chi connectivity index (χ2v) is 4.72. The molecule has 0 fully saturated rings. The van der Waals surface area contributed by atoms with Gasteiger partial charge < -0.3 is 10.5 Å². The standard InChI is InChI=1S/C17H18N2O2/c1-12-10-14(21-2)8-9-15(12)19-17(18)11-16(20)13-6-4-3-5-7-13/h3-10H,11H2,1-2H3,(H2,18,19). The quantitative estimate of drug-likeness (QED) is 0.520. The third-order valence-corrected chi connectivity index (χ3v) is 3.11. The van der Waals surface area contributed by atoms with Gasteiger partial charge in [0, 0.05) is 5.56 Å². The van der Waals surface area contributed by atoms with Gasteiger partial charge in [0.1, 0.15) is 11.6 Å². The number of nitrogens with zero attached hydrogens (tertiary/aromatic N) is 1. The number of aliphatic imine (C=N–C) groups is 1. The van der Waals surface area contributed by atoms with Gasteiger partial charge >= 0.3 is 0 Å². The van der Waals surface area contributed by atoms with Gasteiger partial charge in [0.25, 0.3) is 0 Å². The molecule has 2 rings (SSSR count). The van der Waals surface area contributed by atoms with Crippen molar-refractivity contribution >= 4 is 17.3 Å². The van der Waals surface area contributed by atoms with E-state index in [1.165, 1.54) is 0 Å². The smallest absolute Gasteiger partial charge is 0.170 e. The molecular weight excluding hydrogens is 264 g/mol. The summed E-state index contributed by atoms with van der Waals surface area (Å²) in [5, 5.41) is 0. The van der Waals surface area contributed by atoms with Crippen LogP contribution in [0.3, 0.4) is 0 Å². The van der Waals surface area contributed by atoms with E-state index in [1.807, 2.05) is 43.3 Å². The molecule has 0 saturated heterocycles. The lowest BCUT2D eigenvalue weighted by atomic mass is 10.1. The molecule has 0 saturated carbocycles. The summed E-state index contributed by atoms with van der Waals surface area (Å²) in [6.07, 6.45) is 0.107. The average Bonchev–Trinajstić information content (AvgIpc) is 2.50. The summed E-state index contributed by atoms with van der Waals surface area (Å²) < 4.78 is 5.14. The molecule has 0 aromatic heterocycles. The van der Waals surface area contributed by atoms with Crippen molar-refractivity contribution in [2.24, 2.45) is 10.7 Å². The zero-order chi connectivity index (χ0) is 15.2. The molecule has 0 atom stereocenters. The van der Waals surface area contributed by atoms with Gasteiger partial charge in [-0.3, -0.25) is 4.79 Å². The number of hydrogen-bond donors (Lipinski definition) is 1. The molecule has 0 aliphatic rings. The van der Waals surface area contributed by atoms with Crippen LogP contribution >= 0.6 is 0 Å². The lowest BCUT2D eigenvalue weighted by Gasteiger charge is -2.06. The fraction of sp³-hybridized carbons (Fsp3) is 0.176. The largest absolute Gasteiger partial charge is 0.497 e. The molecule has 0 spiro atoms. The Balaban J connectivity index is 2.13. The first-order valence-electron chi connectivity index (χ1n) is 6.66. The van der Waals surface area contributed by atoms with Gasteiger partial charge in [-0.2, -0.15) is 0 Å². The molecule has 2 N–H and O–H groups in total. The minimum Gasteiger partial charge on any atom is -0.497 e. The van der Waals surface area contributed by atoms with Gasteiger partial charge in [-0.15, -0.1) is 0 Å². The number of methoxy groups -OCH3 is 1. The molecule has 4 heteroatoms. The highest BCUT2D eigenvalue weighted by atomic mass is 16.5. The van der Waals surface area contributed by atoms with Gasteiger partial charge in [-0.25, -0.2) is 4.99 Å². The minimum absolute atomic E-state index is 0.0389. The van der Waals surface area contributed by atoms with Gasteiger partial charge in [0.2, 0.25) is 0 Å². The number of carbonyl (C=O) groups is 1. The fourth-order valence-corrected chi connectivity index (χ4v) is 1.97. The molecule has 0 bridgehead atoms. The van der Waals surface area contributed by atoms with Crippen LogP contribution in [0.4, 0.5) is 5.69 Å². The van der Waals surface area contributed by atoms with Crippen molar-refractivity contribution in [1.82, 2.24) is 0 Å². The van der Waals surface area contributed by atoms with Crippen LogP contribution < -0.4 is 10.5 Å². The summed E-state index contributed by atoms with van der Waals surface area (Å²) in [4.78, 5) is 16.4. The predicted octanol–water partition coefficient (Wildman–Crippen LogP) is 3.27. The molecule has 0 radical (unpaired) electrons. The van der Waals surface area contributed by atoms with Crippen molar-refractivity contribution < 1.29 is 9.53 Å². The van der Waals surface area contributed by atoms with Crippen LogP contribution in [-0.2, 0) is 0 Å². The number of ether oxygens (including phenoxy) is 1. The van der Waals surface area contributed by atoms with Gasteiger partial charge in [0.15, 0.2) is 5.78 Å². The highest BCUT2D eigenvalue weighted by Gasteiger charge is 2.08.